The largest absolute Gasteiger partial charge is 0.478 e. The number of aliphatic carboxylic acids is 1. The van der Waals surface area contributed by atoms with Gasteiger partial charge in [0.05, 0.1) is 5.69 Å². The van der Waals surface area contributed by atoms with E-state index in [0.29, 0.717) is 17.2 Å². The number of anilines is 1. The highest BCUT2D eigenvalue weighted by molar-refractivity contribution is 5.87. The SMILES string of the molecule is CCC1CCN(c2c(F)cccc2/C=C/C(=O)O)C1. The van der Waals surface area contributed by atoms with Gasteiger partial charge in [0, 0.05) is 24.7 Å². The van der Waals surface area contributed by atoms with Gasteiger partial charge >= 0.3 is 5.97 Å². The first-order valence-electron chi connectivity index (χ1n) is 6.56. The summed E-state index contributed by atoms with van der Waals surface area (Å²) in [6, 6.07) is 4.78. The topological polar surface area (TPSA) is 40.5 Å². The maximum Gasteiger partial charge on any atom is 0.328 e. The van der Waals surface area contributed by atoms with Crippen molar-refractivity contribution < 1.29 is 14.3 Å². The number of rotatable bonds is 4. The van der Waals surface area contributed by atoms with Crippen molar-refractivity contribution in [2.45, 2.75) is 19.8 Å². The average Bonchev–Trinajstić information content (AvgIpc) is 2.84. The van der Waals surface area contributed by atoms with Crippen molar-refractivity contribution in [2.24, 2.45) is 5.92 Å². The molecular weight excluding hydrogens is 245 g/mol. The van der Waals surface area contributed by atoms with Crippen LogP contribution in [0.25, 0.3) is 6.08 Å². The molecule has 1 fully saturated rings. The van der Waals surface area contributed by atoms with Gasteiger partial charge in [-0.15, -0.1) is 0 Å². The van der Waals surface area contributed by atoms with Crippen LogP contribution in [0.4, 0.5) is 10.1 Å². The average molecular weight is 263 g/mol. The summed E-state index contributed by atoms with van der Waals surface area (Å²) >= 11 is 0. The molecule has 0 aromatic heterocycles. The first-order chi connectivity index (χ1) is 9.11. The molecule has 0 amide bonds. The van der Waals surface area contributed by atoms with Crippen LogP contribution in [0.5, 0.6) is 0 Å². The summed E-state index contributed by atoms with van der Waals surface area (Å²) in [6.07, 6.45) is 4.66. The third-order valence-electron chi connectivity index (χ3n) is 3.60. The number of hydrogen-bond acceptors (Lipinski definition) is 2. The predicted octanol–water partition coefficient (Wildman–Crippen LogP) is 3.16. The maximum atomic E-state index is 14.0. The summed E-state index contributed by atoms with van der Waals surface area (Å²) in [5, 5.41) is 8.69. The third kappa shape index (κ3) is 3.13. The molecule has 1 unspecified atom stereocenters. The zero-order chi connectivity index (χ0) is 13.8. The fourth-order valence-corrected chi connectivity index (χ4v) is 2.53. The molecule has 2 rings (SSSR count). The summed E-state index contributed by atoms with van der Waals surface area (Å²) in [5.74, 6) is -0.719. The van der Waals surface area contributed by atoms with E-state index in [1.165, 1.54) is 12.1 Å². The highest BCUT2D eigenvalue weighted by Crippen LogP contribution is 2.31. The summed E-state index contributed by atoms with van der Waals surface area (Å²) < 4.78 is 14.0. The minimum Gasteiger partial charge on any atom is -0.478 e. The number of carboxylic acid groups (broad SMARTS) is 1. The Kier molecular flexibility index (Phi) is 4.20. The second-order valence-corrected chi connectivity index (χ2v) is 4.86. The number of para-hydroxylation sites is 1. The Morgan fingerprint density at radius 2 is 2.37 bits per heavy atom. The van der Waals surface area contributed by atoms with Crippen molar-refractivity contribution in [2.75, 3.05) is 18.0 Å². The molecule has 1 N–H and O–H groups in total. The Morgan fingerprint density at radius 1 is 1.58 bits per heavy atom. The van der Waals surface area contributed by atoms with E-state index in [4.69, 9.17) is 5.11 Å². The van der Waals surface area contributed by atoms with Gasteiger partial charge in [-0.3, -0.25) is 0 Å². The van der Waals surface area contributed by atoms with Crippen LogP contribution in [-0.4, -0.2) is 24.2 Å². The van der Waals surface area contributed by atoms with Gasteiger partial charge in [0.2, 0.25) is 0 Å². The lowest BCUT2D eigenvalue weighted by molar-refractivity contribution is -0.131. The van der Waals surface area contributed by atoms with Gasteiger partial charge in [0.25, 0.3) is 0 Å². The van der Waals surface area contributed by atoms with E-state index in [9.17, 15) is 9.18 Å². The Bertz CT molecular complexity index is 499. The van der Waals surface area contributed by atoms with E-state index in [1.807, 2.05) is 4.90 Å². The molecule has 1 aliphatic rings. The quantitative estimate of drug-likeness (QED) is 0.848. The standard InChI is InChI=1S/C15H18FNO2/c1-2-11-8-9-17(10-11)15-12(6-7-14(18)19)4-3-5-13(15)16/h3-7,11H,2,8-10H2,1H3,(H,18,19)/b7-6+. The van der Waals surface area contributed by atoms with Crippen molar-refractivity contribution >= 4 is 17.7 Å². The highest BCUT2D eigenvalue weighted by atomic mass is 19.1. The molecule has 4 heteroatoms. The molecule has 3 nitrogen and oxygen atoms in total. The van der Waals surface area contributed by atoms with Gasteiger partial charge in [0.1, 0.15) is 5.82 Å². The van der Waals surface area contributed by atoms with Crippen molar-refractivity contribution in [1.82, 2.24) is 0 Å². The highest BCUT2D eigenvalue weighted by Gasteiger charge is 2.24. The number of carboxylic acids is 1. The summed E-state index contributed by atoms with van der Waals surface area (Å²) in [7, 11) is 0. The maximum absolute atomic E-state index is 14.0. The smallest absolute Gasteiger partial charge is 0.328 e. The van der Waals surface area contributed by atoms with Gasteiger partial charge in [0.15, 0.2) is 0 Å². The molecule has 0 radical (unpaired) electrons. The fourth-order valence-electron chi connectivity index (χ4n) is 2.53. The first-order valence-corrected chi connectivity index (χ1v) is 6.56. The minimum atomic E-state index is -1.02. The predicted molar refractivity (Wildman–Crippen MR) is 73.7 cm³/mol. The van der Waals surface area contributed by atoms with Crippen LogP contribution in [0, 0.1) is 11.7 Å². The van der Waals surface area contributed by atoms with Crippen LogP contribution in [-0.2, 0) is 4.79 Å². The van der Waals surface area contributed by atoms with E-state index >= 15 is 0 Å². The van der Waals surface area contributed by atoms with E-state index < -0.39 is 5.97 Å². The Morgan fingerprint density at radius 3 is 3.00 bits per heavy atom. The van der Waals surface area contributed by atoms with E-state index in [2.05, 4.69) is 6.92 Å². The van der Waals surface area contributed by atoms with E-state index in [1.54, 1.807) is 12.1 Å². The van der Waals surface area contributed by atoms with Crippen LogP contribution in [0.3, 0.4) is 0 Å². The van der Waals surface area contributed by atoms with Gasteiger partial charge in [-0.2, -0.15) is 0 Å². The van der Waals surface area contributed by atoms with Crippen LogP contribution in [0.2, 0.25) is 0 Å². The first kappa shape index (κ1) is 13.6. The minimum absolute atomic E-state index is 0.288. The van der Waals surface area contributed by atoms with E-state index in [-0.39, 0.29) is 5.82 Å². The van der Waals surface area contributed by atoms with Crippen molar-refractivity contribution in [1.29, 1.82) is 0 Å². The number of nitrogens with zero attached hydrogens (tertiary/aromatic N) is 1. The lowest BCUT2D eigenvalue weighted by atomic mass is 10.1. The molecular formula is C15H18FNO2. The summed E-state index contributed by atoms with van der Waals surface area (Å²) in [4.78, 5) is 12.6. The van der Waals surface area contributed by atoms with E-state index in [0.717, 1.165) is 32.0 Å². The Hall–Kier alpha value is -1.84. The number of hydrogen-bond donors (Lipinski definition) is 1. The number of carbonyl (C=O) groups is 1. The lowest BCUT2D eigenvalue weighted by Gasteiger charge is -2.21. The summed E-state index contributed by atoms with van der Waals surface area (Å²) in [6.45, 7) is 3.81. The number of halogens is 1. The second-order valence-electron chi connectivity index (χ2n) is 4.86. The summed E-state index contributed by atoms with van der Waals surface area (Å²) in [5.41, 5.74) is 1.15. The Labute approximate surface area is 112 Å². The van der Waals surface area contributed by atoms with Crippen LogP contribution in [0.15, 0.2) is 24.3 Å². The molecule has 1 saturated heterocycles. The molecule has 0 bridgehead atoms. The van der Waals surface area contributed by atoms with Gasteiger partial charge in [-0.25, -0.2) is 9.18 Å². The molecule has 0 saturated carbocycles. The van der Waals surface area contributed by atoms with Crippen LogP contribution < -0.4 is 4.90 Å². The van der Waals surface area contributed by atoms with Crippen LogP contribution in [0.1, 0.15) is 25.3 Å². The van der Waals surface area contributed by atoms with Crippen molar-refractivity contribution in [3.8, 4) is 0 Å². The van der Waals surface area contributed by atoms with Crippen molar-refractivity contribution in [3.63, 3.8) is 0 Å². The molecule has 1 aromatic rings. The molecule has 0 aliphatic carbocycles. The molecule has 1 aliphatic heterocycles. The van der Waals surface area contributed by atoms with Gasteiger partial charge < -0.3 is 10.0 Å². The lowest BCUT2D eigenvalue weighted by Crippen LogP contribution is -2.21. The normalized spacial score (nSPS) is 19.3. The van der Waals surface area contributed by atoms with Gasteiger partial charge in [-0.05, 0) is 24.5 Å². The molecule has 102 valence electrons. The molecule has 1 heterocycles. The molecule has 19 heavy (non-hydrogen) atoms. The molecule has 1 atom stereocenters. The second kappa shape index (κ2) is 5.87. The third-order valence-corrected chi connectivity index (χ3v) is 3.60. The fraction of sp³-hybridized carbons (Fsp3) is 0.400. The Balaban J connectivity index is 2.30. The zero-order valence-electron chi connectivity index (χ0n) is 11.0. The zero-order valence-corrected chi connectivity index (χ0v) is 11.0. The molecule has 0 spiro atoms. The monoisotopic (exact) mass is 263 g/mol. The molecule has 1 aromatic carbocycles. The van der Waals surface area contributed by atoms with Crippen LogP contribution >= 0.6 is 0 Å². The van der Waals surface area contributed by atoms with Gasteiger partial charge in [-0.1, -0.05) is 25.5 Å². The van der Waals surface area contributed by atoms with Crippen molar-refractivity contribution in [3.05, 3.63) is 35.7 Å². The number of benzene rings is 1.